The van der Waals surface area contributed by atoms with Crippen molar-refractivity contribution in [2.45, 2.75) is 20.4 Å². The van der Waals surface area contributed by atoms with Crippen LogP contribution in [-0.4, -0.2) is 18.0 Å². The van der Waals surface area contributed by atoms with Crippen LogP contribution in [0.3, 0.4) is 0 Å². The average Bonchev–Trinajstić information content (AvgIpc) is 2.51. The molecule has 0 aliphatic heterocycles. The average molecular weight is 296 g/mol. The number of amides is 1. The number of aromatic nitrogens is 1. The molecule has 0 radical (unpaired) electrons. The van der Waals surface area contributed by atoms with Crippen LogP contribution in [0.25, 0.3) is 6.08 Å². The Kier molecular flexibility index (Phi) is 5.31. The maximum Gasteiger partial charge on any atom is 0.244 e. The zero-order valence-electron chi connectivity index (χ0n) is 13.1. The summed E-state index contributed by atoms with van der Waals surface area (Å²) in [6.45, 7) is 4.34. The lowest BCUT2D eigenvalue weighted by Crippen LogP contribution is -2.20. The second-order valence-electron chi connectivity index (χ2n) is 5.07. The number of carbonyl (C=O) groups is 1. The third-order valence-electron chi connectivity index (χ3n) is 3.19. The number of benzene rings is 1. The summed E-state index contributed by atoms with van der Waals surface area (Å²) in [5.41, 5.74) is 3.78. The summed E-state index contributed by atoms with van der Waals surface area (Å²) >= 11 is 0. The van der Waals surface area contributed by atoms with Gasteiger partial charge >= 0.3 is 0 Å². The highest BCUT2D eigenvalue weighted by Crippen LogP contribution is 2.20. The Hall–Kier alpha value is -2.62. The molecule has 1 aromatic heterocycles. The quantitative estimate of drug-likeness (QED) is 0.863. The maximum absolute atomic E-state index is 11.9. The van der Waals surface area contributed by atoms with Gasteiger partial charge in [0.2, 0.25) is 5.91 Å². The molecule has 4 heteroatoms. The van der Waals surface area contributed by atoms with Crippen molar-refractivity contribution in [1.82, 2.24) is 10.3 Å². The number of nitrogens with one attached hydrogen (secondary N) is 1. The van der Waals surface area contributed by atoms with Crippen molar-refractivity contribution >= 4 is 12.0 Å². The van der Waals surface area contributed by atoms with Gasteiger partial charge in [0, 0.05) is 17.3 Å². The second kappa shape index (κ2) is 7.41. The molecule has 114 valence electrons. The van der Waals surface area contributed by atoms with Crippen LogP contribution >= 0.6 is 0 Å². The minimum Gasteiger partial charge on any atom is -0.496 e. The first kappa shape index (κ1) is 15.8. The summed E-state index contributed by atoms with van der Waals surface area (Å²) in [5, 5.41) is 2.82. The number of aryl methyl sites for hydroxylation is 2. The molecule has 0 unspecified atom stereocenters. The Morgan fingerprint density at radius 1 is 1.27 bits per heavy atom. The highest BCUT2D eigenvalue weighted by atomic mass is 16.5. The molecule has 0 spiro atoms. The lowest BCUT2D eigenvalue weighted by atomic mass is 10.1. The third-order valence-corrected chi connectivity index (χ3v) is 3.19. The monoisotopic (exact) mass is 296 g/mol. The molecule has 22 heavy (non-hydrogen) atoms. The van der Waals surface area contributed by atoms with Gasteiger partial charge < -0.3 is 10.1 Å². The van der Waals surface area contributed by atoms with E-state index in [4.69, 9.17) is 4.74 Å². The van der Waals surface area contributed by atoms with Crippen molar-refractivity contribution in [2.24, 2.45) is 0 Å². The van der Waals surface area contributed by atoms with E-state index in [1.807, 2.05) is 50.2 Å². The normalized spacial score (nSPS) is 10.7. The first-order valence-electron chi connectivity index (χ1n) is 7.11. The largest absolute Gasteiger partial charge is 0.496 e. The number of pyridine rings is 1. The first-order valence-corrected chi connectivity index (χ1v) is 7.11. The van der Waals surface area contributed by atoms with Gasteiger partial charge in [0.1, 0.15) is 5.75 Å². The molecule has 0 saturated carbocycles. The van der Waals surface area contributed by atoms with E-state index in [2.05, 4.69) is 10.3 Å². The van der Waals surface area contributed by atoms with Gasteiger partial charge in [-0.15, -0.1) is 0 Å². The maximum atomic E-state index is 11.9. The number of carbonyl (C=O) groups excluding carboxylic acids is 1. The van der Waals surface area contributed by atoms with Crippen molar-refractivity contribution in [1.29, 1.82) is 0 Å². The minimum atomic E-state index is -0.160. The number of hydrogen-bond donors (Lipinski definition) is 1. The summed E-state index contributed by atoms with van der Waals surface area (Å²) in [7, 11) is 1.62. The van der Waals surface area contributed by atoms with Crippen LogP contribution in [0.1, 0.15) is 22.5 Å². The molecular weight excluding hydrogens is 276 g/mol. The summed E-state index contributed by atoms with van der Waals surface area (Å²) in [6.07, 6.45) is 3.26. The summed E-state index contributed by atoms with van der Waals surface area (Å²) in [4.78, 5) is 16.2. The fraction of sp³-hybridized carbons (Fsp3) is 0.222. The van der Waals surface area contributed by atoms with E-state index in [0.29, 0.717) is 6.54 Å². The summed E-state index contributed by atoms with van der Waals surface area (Å²) < 4.78 is 5.28. The Bertz CT molecular complexity index is 693. The van der Waals surface area contributed by atoms with Crippen LogP contribution in [0.4, 0.5) is 0 Å². The zero-order chi connectivity index (χ0) is 15.9. The number of methoxy groups -OCH3 is 1. The minimum absolute atomic E-state index is 0.160. The van der Waals surface area contributed by atoms with Gasteiger partial charge in [0.15, 0.2) is 0 Å². The predicted octanol–water partition coefficient (Wildman–Crippen LogP) is 3.04. The van der Waals surface area contributed by atoms with Gasteiger partial charge in [-0.05, 0) is 44.2 Å². The van der Waals surface area contributed by atoms with Gasteiger partial charge in [0.05, 0.1) is 19.3 Å². The molecular formula is C18H20N2O2. The van der Waals surface area contributed by atoms with Crippen molar-refractivity contribution in [2.75, 3.05) is 7.11 Å². The predicted molar refractivity (Wildman–Crippen MR) is 87.6 cm³/mol. The molecule has 0 saturated heterocycles. The molecule has 1 aromatic carbocycles. The van der Waals surface area contributed by atoms with Gasteiger partial charge in [-0.3, -0.25) is 9.78 Å². The lowest BCUT2D eigenvalue weighted by molar-refractivity contribution is -0.116. The number of rotatable bonds is 5. The molecule has 4 nitrogen and oxygen atoms in total. The molecule has 0 atom stereocenters. The highest BCUT2D eigenvalue weighted by molar-refractivity contribution is 5.92. The SMILES string of the molecule is COc1ccc(C)cc1/C=C/C(=O)NCc1cccc(C)n1. The molecule has 0 aliphatic rings. The Labute approximate surface area is 130 Å². The molecule has 2 rings (SSSR count). The fourth-order valence-electron chi connectivity index (χ4n) is 2.08. The number of nitrogens with zero attached hydrogens (tertiary/aromatic N) is 1. The molecule has 0 bridgehead atoms. The van der Waals surface area contributed by atoms with Crippen LogP contribution in [-0.2, 0) is 11.3 Å². The van der Waals surface area contributed by atoms with Crippen molar-refractivity contribution < 1.29 is 9.53 Å². The van der Waals surface area contributed by atoms with Gasteiger partial charge in [0.25, 0.3) is 0 Å². The molecule has 0 aliphatic carbocycles. The van der Waals surface area contributed by atoms with Crippen molar-refractivity contribution in [3.63, 3.8) is 0 Å². The summed E-state index contributed by atoms with van der Waals surface area (Å²) in [5.74, 6) is 0.585. The van der Waals surface area contributed by atoms with Gasteiger partial charge in [-0.25, -0.2) is 0 Å². The summed E-state index contributed by atoms with van der Waals surface area (Å²) in [6, 6.07) is 11.6. The van der Waals surface area contributed by atoms with E-state index in [1.165, 1.54) is 6.08 Å². The van der Waals surface area contributed by atoms with E-state index in [0.717, 1.165) is 28.3 Å². The van der Waals surface area contributed by atoms with Crippen LogP contribution in [0.15, 0.2) is 42.5 Å². The first-order chi connectivity index (χ1) is 10.6. The molecule has 1 heterocycles. The fourth-order valence-corrected chi connectivity index (χ4v) is 2.08. The van der Waals surface area contributed by atoms with Crippen LogP contribution in [0.5, 0.6) is 5.75 Å². The van der Waals surface area contributed by atoms with Gasteiger partial charge in [-0.2, -0.15) is 0 Å². The van der Waals surface area contributed by atoms with Crippen molar-refractivity contribution in [3.05, 3.63) is 65.0 Å². The van der Waals surface area contributed by atoms with Crippen LogP contribution in [0, 0.1) is 13.8 Å². The van der Waals surface area contributed by atoms with Crippen molar-refractivity contribution in [3.8, 4) is 5.75 Å². The molecule has 2 aromatic rings. The van der Waals surface area contributed by atoms with E-state index >= 15 is 0 Å². The van der Waals surface area contributed by atoms with E-state index in [1.54, 1.807) is 13.2 Å². The molecule has 1 N–H and O–H groups in total. The van der Waals surface area contributed by atoms with E-state index < -0.39 is 0 Å². The van der Waals surface area contributed by atoms with E-state index in [9.17, 15) is 4.79 Å². The number of hydrogen-bond acceptors (Lipinski definition) is 3. The van der Waals surface area contributed by atoms with E-state index in [-0.39, 0.29) is 5.91 Å². The van der Waals surface area contributed by atoms with Gasteiger partial charge in [-0.1, -0.05) is 17.7 Å². The number of ether oxygens (including phenoxy) is 1. The Morgan fingerprint density at radius 2 is 2.09 bits per heavy atom. The van der Waals surface area contributed by atoms with Crippen LogP contribution in [0.2, 0.25) is 0 Å². The Morgan fingerprint density at radius 3 is 2.82 bits per heavy atom. The topological polar surface area (TPSA) is 51.2 Å². The highest BCUT2D eigenvalue weighted by Gasteiger charge is 2.02. The standard InChI is InChI=1S/C18H20N2O2/c1-13-7-9-17(22-3)15(11-13)8-10-18(21)19-12-16-6-4-5-14(2)20-16/h4-11H,12H2,1-3H3,(H,19,21)/b10-8+. The lowest BCUT2D eigenvalue weighted by Gasteiger charge is -2.06. The molecule has 0 fully saturated rings. The Balaban J connectivity index is 1.98. The second-order valence-corrected chi connectivity index (χ2v) is 5.07. The third kappa shape index (κ3) is 4.45. The van der Waals surface area contributed by atoms with Crippen LogP contribution < -0.4 is 10.1 Å². The molecule has 1 amide bonds. The zero-order valence-corrected chi connectivity index (χ0v) is 13.1. The smallest absolute Gasteiger partial charge is 0.244 e.